The van der Waals surface area contributed by atoms with Crippen LogP contribution >= 0.6 is 0 Å². The van der Waals surface area contributed by atoms with Crippen LogP contribution in [0.4, 0.5) is 0 Å². The average Bonchev–Trinajstić information content (AvgIpc) is 1.95. The van der Waals surface area contributed by atoms with Gasteiger partial charge in [0.2, 0.25) is 0 Å². The molecule has 0 N–H and O–H groups in total. The number of aryl methyl sites for hydroxylation is 2. The molecule has 1 heterocycles. The monoisotopic (exact) mass is 169 g/mol. The number of pyridine rings is 1. The number of halogens is 1. The molecule has 0 spiro atoms. The van der Waals surface area contributed by atoms with Gasteiger partial charge in [-0.2, -0.15) is 0 Å². The largest absolute Gasteiger partial charge is 1.00 e. The molecule has 1 aromatic rings. The maximum absolute atomic E-state index is 3.69. The van der Waals surface area contributed by atoms with Crippen LogP contribution in [0.25, 0.3) is 6.08 Å². The second-order valence-electron chi connectivity index (χ2n) is 2.42. The van der Waals surface area contributed by atoms with E-state index in [1.165, 1.54) is 5.69 Å². The van der Waals surface area contributed by atoms with Crippen molar-refractivity contribution in [3.63, 3.8) is 0 Å². The summed E-state index contributed by atoms with van der Waals surface area (Å²) in [5.74, 6) is 0. The first-order valence-corrected chi connectivity index (χ1v) is 3.33. The second-order valence-corrected chi connectivity index (χ2v) is 2.42. The van der Waals surface area contributed by atoms with Crippen LogP contribution in [0.15, 0.2) is 24.9 Å². The highest BCUT2D eigenvalue weighted by molar-refractivity contribution is 5.43. The molecule has 1 aromatic heterocycles. The molecule has 0 bridgehead atoms. The molecule has 0 unspecified atom stereocenters. The first-order valence-electron chi connectivity index (χ1n) is 3.33. The normalized spacial score (nSPS) is 8.55. The van der Waals surface area contributed by atoms with Crippen LogP contribution in [-0.4, -0.2) is 0 Å². The summed E-state index contributed by atoms with van der Waals surface area (Å²) in [6.07, 6.45) is 3.90. The maximum atomic E-state index is 3.69. The fourth-order valence-electron chi connectivity index (χ4n) is 0.824. The molecular formula is C9H12ClN. The SMILES string of the molecule is C=Cc1ccc(C)[n+](C)c1.[Cl-]. The van der Waals surface area contributed by atoms with Crippen LogP contribution in [0.3, 0.4) is 0 Å². The van der Waals surface area contributed by atoms with Crippen LogP contribution in [0.1, 0.15) is 11.3 Å². The van der Waals surface area contributed by atoms with Crippen LogP contribution in [-0.2, 0) is 7.05 Å². The molecule has 11 heavy (non-hydrogen) atoms. The average molecular weight is 170 g/mol. The third kappa shape index (κ3) is 2.35. The number of hydrogen-bond donors (Lipinski definition) is 0. The molecule has 0 fully saturated rings. The maximum Gasteiger partial charge on any atom is 0.177 e. The van der Waals surface area contributed by atoms with Gasteiger partial charge < -0.3 is 12.4 Å². The van der Waals surface area contributed by atoms with Gasteiger partial charge in [-0.05, 0) is 6.07 Å². The molecule has 0 saturated heterocycles. The summed E-state index contributed by atoms with van der Waals surface area (Å²) in [5.41, 5.74) is 2.42. The highest BCUT2D eigenvalue weighted by Gasteiger charge is 1.97. The summed E-state index contributed by atoms with van der Waals surface area (Å²) >= 11 is 0. The Kier molecular flexibility index (Phi) is 3.83. The summed E-state index contributed by atoms with van der Waals surface area (Å²) in [7, 11) is 2.03. The van der Waals surface area contributed by atoms with Gasteiger partial charge in [-0.15, -0.1) is 0 Å². The molecule has 0 saturated carbocycles. The van der Waals surface area contributed by atoms with E-state index in [4.69, 9.17) is 0 Å². The number of nitrogens with zero attached hydrogens (tertiary/aromatic N) is 1. The number of aromatic nitrogens is 1. The summed E-state index contributed by atoms with van der Waals surface area (Å²) in [6, 6.07) is 4.14. The highest BCUT2D eigenvalue weighted by atomic mass is 35.5. The van der Waals surface area contributed by atoms with Crippen molar-refractivity contribution >= 4 is 6.08 Å². The lowest BCUT2D eigenvalue weighted by atomic mass is 10.2. The third-order valence-corrected chi connectivity index (χ3v) is 1.65. The van der Waals surface area contributed by atoms with E-state index >= 15 is 0 Å². The third-order valence-electron chi connectivity index (χ3n) is 1.65. The highest BCUT2D eigenvalue weighted by Crippen LogP contribution is 1.97. The molecule has 2 heteroatoms. The van der Waals surface area contributed by atoms with E-state index in [-0.39, 0.29) is 12.4 Å². The Labute approximate surface area is 73.8 Å². The Morgan fingerprint density at radius 2 is 2.09 bits per heavy atom. The minimum absolute atomic E-state index is 0. The Bertz CT molecular complexity index is 256. The number of hydrogen-bond acceptors (Lipinski definition) is 0. The molecule has 0 aliphatic rings. The second kappa shape index (κ2) is 4.14. The topological polar surface area (TPSA) is 3.88 Å². The first kappa shape index (κ1) is 10.2. The number of rotatable bonds is 1. The smallest absolute Gasteiger partial charge is 0.177 e. The molecule has 0 aliphatic heterocycles. The molecule has 60 valence electrons. The lowest BCUT2D eigenvalue weighted by molar-refractivity contribution is -0.677. The summed E-state index contributed by atoms with van der Waals surface area (Å²) < 4.78 is 2.08. The Balaban J connectivity index is 0.000001000. The summed E-state index contributed by atoms with van der Waals surface area (Å²) in [6.45, 7) is 5.76. The van der Waals surface area contributed by atoms with Gasteiger partial charge in [0.05, 0.1) is 0 Å². The van der Waals surface area contributed by atoms with Crippen molar-refractivity contribution < 1.29 is 17.0 Å². The molecular weight excluding hydrogens is 158 g/mol. The zero-order valence-electron chi connectivity index (χ0n) is 6.84. The molecule has 0 aromatic carbocycles. The van der Waals surface area contributed by atoms with E-state index in [2.05, 4.69) is 36.4 Å². The minimum Gasteiger partial charge on any atom is -1.00 e. The Morgan fingerprint density at radius 1 is 1.45 bits per heavy atom. The fraction of sp³-hybridized carbons (Fsp3) is 0.222. The molecule has 1 nitrogen and oxygen atoms in total. The van der Waals surface area contributed by atoms with Crippen molar-refractivity contribution in [1.29, 1.82) is 0 Å². The van der Waals surface area contributed by atoms with Crippen LogP contribution in [0.2, 0.25) is 0 Å². The van der Waals surface area contributed by atoms with Crippen molar-refractivity contribution in [1.82, 2.24) is 0 Å². The Hall–Kier alpha value is -0.820. The quantitative estimate of drug-likeness (QED) is 0.449. The van der Waals surface area contributed by atoms with Crippen molar-refractivity contribution in [2.45, 2.75) is 6.92 Å². The molecule has 0 amide bonds. The fourth-order valence-corrected chi connectivity index (χ4v) is 0.824. The van der Waals surface area contributed by atoms with Gasteiger partial charge in [0.1, 0.15) is 7.05 Å². The molecule has 0 aliphatic carbocycles. The van der Waals surface area contributed by atoms with Crippen LogP contribution < -0.4 is 17.0 Å². The van der Waals surface area contributed by atoms with E-state index in [0.29, 0.717) is 0 Å². The summed E-state index contributed by atoms with van der Waals surface area (Å²) in [4.78, 5) is 0. The van der Waals surface area contributed by atoms with Crippen LogP contribution in [0, 0.1) is 6.92 Å². The van der Waals surface area contributed by atoms with E-state index in [1.807, 2.05) is 13.1 Å². The van der Waals surface area contributed by atoms with Gasteiger partial charge in [-0.3, -0.25) is 0 Å². The van der Waals surface area contributed by atoms with Gasteiger partial charge in [0.25, 0.3) is 0 Å². The molecule has 0 radical (unpaired) electrons. The predicted octanol–water partition coefficient (Wildman–Crippen LogP) is -1.53. The predicted molar refractivity (Wildman–Crippen MR) is 42.4 cm³/mol. The lowest BCUT2D eigenvalue weighted by Gasteiger charge is -1.93. The van der Waals surface area contributed by atoms with Gasteiger partial charge >= 0.3 is 0 Å². The van der Waals surface area contributed by atoms with Crippen molar-refractivity contribution in [2.24, 2.45) is 7.05 Å². The Morgan fingerprint density at radius 3 is 2.55 bits per heavy atom. The van der Waals surface area contributed by atoms with Gasteiger partial charge in [0, 0.05) is 18.6 Å². The zero-order chi connectivity index (χ0) is 7.56. The van der Waals surface area contributed by atoms with Crippen LogP contribution in [0.5, 0.6) is 0 Å². The lowest BCUT2D eigenvalue weighted by Crippen LogP contribution is -3.00. The van der Waals surface area contributed by atoms with Gasteiger partial charge in [-0.25, -0.2) is 4.57 Å². The van der Waals surface area contributed by atoms with E-state index in [9.17, 15) is 0 Å². The molecule has 0 atom stereocenters. The molecule has 1 rings (SSSR count). The van der Waals surface area contributed by atoms with Crippen molar-refractivity contribution in [3.05, 3.63) is 36.2 Å². The van der Waals surface area contributed by atoms with E-state index in [1.54, 1.807) is 0 Å². The van der Waals surface area contributed by atoms with E-state index < -0.39 is 0 Å². The van der Waals surface area contributed by atoms with Gasteiger partial charge in [0.15, 0.2) is 11.9 Å². The van der Waals surface area contributed by atoms with Gasteiger partial charge in [-0.1, -0.05) is 12.7 Å². The van der Waals surface area contributed by atoms with E-state index in [0.717, 1.165) is 5.56 Å². The first-order chi connectivity index (χ1) is 4.74. The minimum atomic E-state index is 0. The van der Waals surface area contributed by atoms with Crippen molar-refractivity contribution in [3.8, 4) is 0 Å². The van der Waals surface area contributed by atoms with Crippen molar-refractivity contribution in [2.75, 3.05) is 0 Å². The summed E-state index contributed by atoms with van der Waals surface area (Å²) in [5, 5.41) is 0. The zero-order valence-corrected chi connectivity index (χ0v) is 7.60. The standard InChI is InChI=1S/C9H12N.ClH/c1-4-9-6-5-8(2)10(3)7-9;/h4-7H,1H2,2-3H3;1H/q+1;/p-1.